The zero-order valence-electron chi connectivity index (χ0n) is 9.79. The summed E-state index contributed by atoms with van der Waals surface area (Å²) in [6, 6.07) is 8.51. The third-order valence-electron chi connectivity index (χ3n) is 2.39. The maximum absolute atomic E-state index is 6.03. The topological polar surface area (TPSA) is 35.2 Å². The van der Waals surface area contributed by atoms with Gasteiger partial charge < -0.3 is 10.5 Å². The predicted octanol–water partition coefficient (Wildman–Crippen LogP) is 3.14. The van der Waals surface area contributed by atoms with Gasteiger partial charge in [-0.15, -0.1) is 0 Å². The molecule has 0 amide bonds. The van der Waals surface area contributed by atoms with Crippen LogP contribution >= 0.6 is 15.9 Å². The van der Waals surface area contributed by atoms with Gasteiger partial charge in [-0.05, 0) is 37.0 Å². The molecule has 0 aliphatic rings. The van der Waals surface area contributed by atoms with Crippen molar-refractivity contribution in [2.75, 3.05) is 13.2 Å². The lowest BCUT2D eigenvalue weighted by Crippen LogP contribution is -2.24. The normalized spacial score (nSPS) is 12.7. The van der Waals surface area contributed by atoms with Crippen LogP contribution in [0.2, 0.25) is 0 Å². The van der Waals surface area contributed by atoms with Crippen molar-refractivity contribution in [2.45, 2.75) is 32.2 Å². The number of ether oxygens (including phenoxy) is 1. The number of benzene rings is 1. The zero-order valence-corrected chi connectivity index (χ0v) is 11.4. The summed E-state index contributed by atoms with van der Waals surface area (Å²) < 4.78 is 6.53. The number of nitrogens with two attached hydrogens (primary N) is 1. The molecule has 90 valence electrons. The zero-order chi connectivity index (χ0) is 11.8. The maximum atomic E-state index is 6.03. The van der Waals surface area contributed by atoms with E-state index in [-0.39, 0.29) is 6.04 Å². The van der Waals surface area contributed by atoms with E-state index in [4.69, 9.17) is 10.5 Å². The van der Waals surface area contributed by atoms with Crippen LogP contribution in [0.3, 0.4) is 0 Å². The van der Waals surface area contributed by atoms with E-state index < -0.39 is 0 Å². The molecule has 0 aromatic heterocycles. The molecule has 2 nitrogen and oxygen atoms in total. The van der Waals surface area contributed by atoms with E-state index in [0.29, 0.717) is 0 Å². The molecule has 2 N–H and O–H groups in total. The minimum absolute atomic E-state index is 0.193. The fourth-order valence-corrected chi connectivity index (χ4v) is 1.77. The van der Waals surface area contributed by atoms with Gasteiger partial charge in [0, 0.05) is 23.7 Å². The van der Waals surface area contributed by atoms with E-state index in [1.165, 1.54) is 5.56 Å². The van der Waals surface area contributed by atoms with Crippen LogP contribution in [0.15, 0.2) is 28.7 Å². The van der Waals surface area contributed by atoms with Crippen molar-refractivity contribution >= 4 is 15.9 Å². The molecule has 0 aliphatic carbocycles. The van der Waals surface area contributed by atoms with Gasteiger partial charge in [-0.2, -0.15) is 0 Å². The van der Waals surface area contributed by atoms with Crippen LogP contribution in [0.1, 0.15) is 25.3 Å². The maximum Gasteiger partial charge on any atom is 0.0480 e. The molecule has 1 atom stereocenters. The van der Waals surface area contributed by atoms with Gasteiger partial charge in [0.1, 0.15) is 0 Å². The van der Waals surface area contributed by atoms with Gasteiger partial charge >= 0.3 is 0 Å². The van der Waals surface area contributed by atoms with Crippen LogP contribution in [-0.4, -0.2) is 19.3 Å². The Morgan fingerprint density at radius 1 is 1.25 bits per heavy atom. The van der Waals surface area contributed by atoms with E-state index in [1.807, 2.05) is 0 Å². The first kappa shape index (κ1) is 13.7. The summed E-state index contributed by atoms with van der Waals surface area (Å²) in [6.45, 7) is 3.72. The summed E-state index contributed by atoms with van der Waals surface area (Å²) in [5, 5.41) is 0. The van der Waals surface area contributed by atoms with Crippen molar-refractivity contribution in [3.05, 3.63) is 34.3 Å². The highest BCUT2D eigenvalue weighted by Crippen LogP contribution is 2.12. The quantitative estimate of drug-likeness (QED) is 0.782. The van der Waals surface area contributed by atoms with Crippen molar-refractivity contribution in [2.24, 2.45) is 5.73 Å². The van der Waals surface area contributed by atoms with Gasteiger partial charge in [0.15, 0.2) is 0 Å². The van der Waals surface area contributed by atoms with Crippen LogP contribution < -0.4 is 5.73 Å². The highest BCUT2D eigenvalue weighted by Gasteiger charge is 2.03. The molecule has 1 rings (SSSR count). The molecule has 0 bridgehead atoms. The monoisotopic (exact) mass is 285 g/mol. The van der Waals surface area contributed by atoms with Gasteiger partial charge in [0.25, 0.3) is 0 Å². The molecule has 0 fully saturated rings. The second-order valence-corrected chi connectivity index (χ2v) is 4.91. The van der Waals surface area contributed by atoms with Gasteiger partial charge in [0.05, 0.1) is 0 Å². The molecule has 0 aliphatic heterocycles. The van der Waals surface area contributed by atoms with Crippen LogP contribution in [0.5, 0.6) is 0 Å². The lowest BCUT2D eigenvalue weighted by atomic mass is 10.0. The molecular formula is C13H20BrNO. The molecular weight excluding hydrogens is 266 g/mol. The Labute approximate surface area is 106 Å². The molecule has 0 radical (unpaired) electrons. The summed E-state index contributed by atoms with van der Waals surface area (Å²) in [6.07, 6.45) is 2.92. The SMILES string of the molecule is CCCOCCC(N)Cc1ccc(Br)cc1. The third-order valence-corrected chi connectivity index (χ3v) is 2.92. The van der Waals surface area contributed by atoms with Crippen molar-refractivity contribution in [3.63, 3.8) is 0 Å². The van der Waals surface area contributed by atoms with Gasteiger partial charge in [-0.25, -0.2) is 0 Å². The number of rotatable bonds is 7. The first-order chi connectivity index (χ1) is 7.72. The molecule has 3 heteroatoms. The molecule has 0 heterocycles. The largest absolute Gasteiger partial charge is 0.381 e. The van der Waals surface area contributed by atoms with Crippen LogP contribution in [-0.2, 0) is 11.2 Å². The molecule has 16 heavy (non-hydrogen) atoms. The number of hydrogen-bond donors (Lipinski definition) is 1. The molecule has 0 spiro atoms. The molecule has 1 aromatic carbocycles. The highest BCUT2D eigenvalue weighted by atomic mass is 79.9. The predicted molar refractivity (Wildman–Crippen MR) is 71.5 cm³/mol. The highest BCUT2D eigenvalue weighted by molar-refractivity contribution is 9.10. The molecule has 1 unspecified atom stereocenters. The summed E-state index contributed by atoms with van der Waals surface area (Å²) >= 11 is 3.42. The van der Waals surface area contributed by atoms with Crippen molar-refractivity contribution in [1.82, 2.24) is 0 Å². The summed E-state index contributed by atoms with van der Waals surface area (Å²) in [4.78, 5) is 0. The fourth-order valence-electron chi connectivity index (χ4n) is 1.51. The van der Waals surface area contributed by atoms with Gasteiger partial charge in [-0.1, -0.05) is 35.0 Å². The number of halogens is 1. The Hall–Kier alpha value is -0.380. The van der Waals surface area contributed by atoms with Crippen molar-refractivity contribution < 1.29 is 4.74 Å². The fraction of sp³-hybridized carbons (Fsp3) is 0.538. The summed E-state index contributed by atoms with van der Waals surface area (Å²) in [7, 11) is 0. The smallest absolute Gasteiger partial charge is 0.0480 e. The first-order valence-corrected chi connectivity index (χ1v) is 6.59. The Bertz CT molecular complexity index is 286. The number of hydrogen-bond acceptors (Lipinski definition) is 2. The second kappa shape index (κ2) is 7.82. The van der Waals surface area contributed by atoms with E-state index in [1.54, 1.807) is 0 Å². The average molecular weight is 286 g/mol. The minimum Gasteiger partial charge on any atom is -0.381 e. The second-order valence-electron chi connectivity index (χ2n) is 3.99. The third kappa shape index (κ3) is 5.64. The van der Waals surface area contributed by atoms with Crippen molar-refractivity contribution in [1.29, 1.82) is 0 Å². The minimum atomic E-state index is 0.193. The van der Waals surface area contributed by atoms with Gasteiger partial charge in [0.2, 0.25) is 0 Å². The summed E-state index contributed by atoms with van der Waals surface area (Å²) in [5.41, 5.74) is 7.32. The van der Waals surface area contributed by atoms with Gasteiger partial charge in [-0.3, -0.25) is 0 Å². The molecule has 0 saturated carbocycles. The van der Waals surface area contributed by atoms with E-state index in [0.717, 1.165) is 36.9 Å². The summed E-state index contributed by atoms with van der Waals surface area (Å²) in [5.74, 6) is 0. The molecule has 0 saturated heterocycles. The van der Waals surface area contributed by atoms with E-state index in [9.17, 15) is 0 Å². The standard InChI is InChI=1S/C13H20BrNO/c1-2-8-16-9-7-13(15)10-11-3-5-12(14)6-4-11/h3-6,13H,2,7-10,15H2,1H3. The lowest BCUT2D eigenvalue weighted by Gasteiger charge is -2.11. The molecule has 1 aromatic rings. The van der Waals surface area contributed by atoms with Crippen LogP contribution in [0.25, 0.3) is 0 Å². The average Bonchev–Trinajstić information content (AvgIpc) is 2.28. The Morgan fingerprint density at radius 3 is 2.56 bits per heavy atom. The Kier molecular flexibility index (Phi) is 6.69. The van der Waals surface area contributed by atoms with Crippen LogP contribution in [0, 0.1) is 0 Å². The van der Waals surface area contributed by atoms with E-state index >= 15 is 0 Å². The van der Waals surface area contributed by atoms with Crippen LogP contribution in [0.4, 0.5) is 0 Å². The van der Waals surface area contributed by atoms with Crippen molar-refractivity contribution in [3.8, 4) is 0 Å². The Balaban J connectivity index is 2.23. The van der Waals surface area contributed by atoms with E-state index in [2.05, 4.69) is 47.1 Å². The first-order valence-electron chi connectivity index (χ1n) is 5.80. The Morgan fingerprint density at radius 2 is 1.94 bits per heavy atom. The lowest BCUT2D eigenvalue weighted by molar-refractivity contribution is 0.127.